The third kappa shape index (κ3) is 4.16. The molecule has 6 nitrogen and oxygen atoms in total. The van der Waals surface area contributed by atoms with E-state index >= 15 is 0 Å². The van der Waals surface area contributed by atoms with Crippen LogP contribution in [0.25, 0.3) is 0 Å². The van der Waals surface area contributed by atoms with E-state index in [0.717, 1.165) is 16.7 Å². The van der Waals surface area contributed by atoms with Gasteiger partial charge < -0.3 is 10.2 Å². The highest BCUT2D eigenvalue weighted by Gasteiger charge is 2.41. The van der Waals surface area contributed by atoms with Crippen molar-refractivity contribution in [1.82, 2.24) is 4.90 Å². The summed E-state index contributed by atoms with van der Waals surface area (Å²) in [6.07, 6.45) is 0. The summed E-state index contributed by atoms with van der Waals surface area (Å²) in [7, 11) is 0. The van der Waals surface area contributed by atoms with Crippen LogP contribution in [0.15, 0.2) is 53.7 Å². The van der Waals surface area contributed by atoms with Gasteiger partial charge in [-0.1, -0.05) is 47.1 Å². The van der Waals surface area contributed by atoms with Crippen molar-refractivity contribution in [2.24, 2.45) is 5.16 Å². The van der Waals surface area contributed by atoms with E-state index < -0.39 is 5.60 Å². The number of benzene rings is 2. The fourth-order valence-corrected chi connectivity index (χ4v) is 2.80. The summed E-state index contributed by atoms with van der Waals surface area (Å²) in [5.41, 5.74) is 2.56. The molecule has 1 heterocycles. The van der Waals surface area contributed by atoms with E-state index in [-0.39, 0.29) is 11.8 Å². The highest BCUT2D eigenvalue weighted by Crippen LogP contribution is 2.25. The number of oxime groups is 1. The number of amides is 2. The van der Waals surface area contributed by atoms with Crippen LogP contribution >= 0.6 is 0 Å². The van der Waals surface area contributed by atoms with E-state index in [2.05, 4.69) is 10.5 Å². The Kier molecular flexibility index (Phi) is 4.99. The van der Waals surface area contributed by atoms with Crippen molar-refractivity contribution in [3.63, 3.8) is 0 Å². The molecule has 0 aromatic heterocycles. The molecule has 2 aromatic carbocycles. The SMILES string of the molecule is CC(=O)Nc1ccc(CN2C(=O)C(C)(C)ON=C2c2ccc(C)cc2)cc1. The first kappa shape index (κ1) is 18.6. The van der Waals surface area contributed by atoms with E-state index in [0.29, 0.717) is 18.1 Å². The van der Waals surface area contributed by atoms with Crippen molar-refractivity contribution in [3.8, 4) is 0 Å². The molecule has 0 saturated heterocycles. The second-order valence-electron chi connectivity index (χ2n) is 7.15. The number of aryl methyl sites for hydroxylation is 1. The number of rotatable bonds is 4. The van der Waals surface area contributed by atoms with Gasteiger partial charge in [0, 0.05) is 18.2 Å². The lowest BCUT2D eigenvalue weighted by Crippen LogP contribution is -2.52. The van der Waals surface area contributed by atoms with Crippen LogP contribution in [-0.4, -0.2) is 28.2 Å². The van der Waals surface area contributed by atoms with E-state index in [9.17, 15) is 9.59 Å². The molecule has 27 heavy (non-hydrogen) atoms. The molecular formula is C21H23N3O3. The normalized spacial score (nSPS) is 15.8. The smallest absolute Gasteiger partial charge is 0.275 e. The molecule has 1 N–H and O–H groups in total. The molecule has 0 radical (unpaired) electrons. The minimum atomic E-state index is -1.02. The minimum Gasteiger partial charge on any atom is -0.378 e. The Hall–Kier alpha value is -3.15. The highest BCUT2D eigenvalue weighted by molar-refractivity contribution is 6.10. The van der Waals surface area contributed by atoms with Crippen LogP contribution in [0.3, 0.4) is 0 Å². The van der Waals surface area contributed by atoms with Crippen molar-refractivity contribution in [2.75, 3.05) is 5.32 Å². The minimum absolute atomic E-state index is 0.123. The predicted molar refractivity (Wildman–Crippen MR) is 104 cm³/mol. The highest BCUT2D eigenvalue weighted by atomic mass is 16.7. The van der Waals surface area contributed by atoms with Gasteiger partial charge in [0.05, 0.1) is 6.54 Å². The molecule has 0 atom stereocenters. The molecule has 0 saturated carbocycles. The van der Waals surface area contributed by atoms with Gasteiger partial charge in [-0.05, 0) is 38.5 Å². The summed E-state index contributed by atoms with van der Waals surface area (Å²) >= 11 is 0. The Morgan fingerprint density at radius 2 is 1.74 bits per heavy atom. The molecule has 2 aromatic rings. The molecule has 1 aliphatic heterocycles. The van der Waals surface area contributed by atoms with Crippen LogP contribution in [0.1, 0.15) is 37.5 Å². The maximum Gasteiger partial charge on any atom is 0.275 e. The van der Waals surface area contributed by atoms with E-state index in [4.69, 9.17) is 4.84 Å². The van der Waals surface area contributed by atoms with Gasteiger partial charge in [0.2, 0.25) is 11.5 Å². The largest absolute Gasteiger partial charge is 0.378 e. The van der Waals surface area contributed by atoms with E-state index in [1.807, 2.05) is 55.5 Å². The lowest BCUT2D eigenvalue weighted by Gasteiger charge is -2.35. The molecule has 2 amide bonds. The molecular weight excluding hydrogens is 342 g/mol. The van der Waals surface area contributed by atoms with Gasteiger partial charge in [0.1, 0.15) is 0 Å². The third-order valence-electron chi connectivity index (χ3n) is 4.30. The quantitative estimate of drug-likeness (QED) is 0.902. The number of anilines is 1. The average Bonchev–Trinajstić information content (AvgIpc) is 2.61. The molecule has 3 rings (SSSR count). The number of nitrogens with zero attached hydrogens (tertiary/aromatic N) is 2. The Bertz CT molecular complexity index is 884. The van der Waals surface area contributed by atoms with Gasteiger partial charge in [0.25, 0.3) is 5.91 Å². The number of hydrogen-bond acceptors (Lipinski definition) is 4. The maximum atomic E-state index is 13.0. The monoisotopic (exact) mass is 365 g/mol. The lowest BCUT2D eigenvalue weighted by atomic mass is 10.0. The number of hydrogen-bond donors (Lipinski definition) is 1. The average molecular weight is 365 g/mol. The first-order valence-electron chi connectivity index (χ1n) is 8.78. The van der Waals surface area contributed by atoms with E-state index in [1.165, 1.54) is 6.92 Å². The van der Waals surface area contributed by atoms with Crippen LogP contribution in [0.2, 0.25) is 0 Å². The molecule has 140 valence electrons. The zero-order valence-corrected chi connectivity index (χ0v) is 15.9. The number of carbonyl (C=O) groups excluding carboxylic acids is 2. The van der Waals surface area contributed by atoms with Gasteiger partial charge in [0.15, 0.2) is 5.84 Å². The Morgan fingerprint density at radius 1 is 1.11 bits per heavy atom. The van der Waals surface area contributed by atoms with Gasteiger partial charge in [-0.3, -0.25) is 14.5 Å². The Labute approximate surface area is 158 Å². The second kappa shape index (κ2) is 7.23. The predicted octanol–water partition coefficient (Wildman–Crippen LogP) is 3.45. The molecule has 0 unspecified atom stereocenters. The Morgan fingerprint density at radius 3 is 2.33 bits per heavy atom. The molecule has 0 spiro atoms. The zero-order valence-electron chi connectivity index (χ0n) is 15.9. The summed E-state index contributed by atoms with van der Waals surface area (Å²) in [4.78, 5) is 31.2. The van der Waals surface area contributed by atoms with Crippen molar-refractivity contribution in [3.05, 3.63) is 65.2 Å². The first-order chi connectivity index (χ1) is 12.8. The van der Waals surface area contributed by atoms with Crippen LogP contribution < -0.4 is 5.32 Å². The van der Waals surface area contributed by atoms with Gasteiger partial charge in [-0.25, -0.2) is 0 Å². The zero-order chi connectivity index (χ0) is 19.6. The fraction of sp³-hybridized carbons (Fsp3) is 0.286. The summed E-state index contributed by atoms with van der Waals surface area (Å²) < 4.78 is 0. The summed E-state index contributed by atoms with van der Waals surface area (Å²) in [5.74, 6) is 0.214. The number of amidine groups is 1. The molecule has 0 fully saturated rings. The van der Waals surface area contributed by atoms with Gasteiger partial charge in [-0.2, -0.15) is 0 Å². The van der Waals surface area contributed by atoms with Crippen molar-refractivity contribution >= 4 is 23.3 Å². The van der Waals surface area contributed by atoms with Crippen molar-refractivity contribution in [1.29, 1.82) is 0 Å². The van der Waals surface area contributed by atoms with Gasteiger partial charge >= 0.3 is 0 Å². The molecule has 0 aliphatic carbocycles. The topological polar surface area (TPSA) is 71.0 Å². The number of carbonyl (C=O) groups is 2. The van der Waals surface area contributed by atoms with Crippen LogP contribution in [0.5, 0.6) is 0 Å². The van der Waals surface area contributed by atoms with Crippen LogP contribution in [0, 0.1) is 6.92 Å². The fourth-order valence-electron chi connectivity index (χ4n) is 2.80. The maximum absolute atomic E-state index is 13.0. The first-order valence-corrected chi connectivity index (χ1v) is 8.78. The van der Waals surface area contributed by atoms with Gasteiger partial charge in [-0.15, -0.1) is 0 Å². The second-order valence-corrected chi connectivity index (χ2v) is 7.15. The summed E-state index contributed by atoms with van der Waals surface area (Å²) in [6.45, 7) is 7.24. The summed E-state index contributed by atoms with van der Waals surface area (Å²) in [5, 5.41) is 6.97. The van der Waals surface area contributed by atoms with Crippen molar-refractivity contribution in [2.45, 2.75) is 39.8 Å². The Balaban J connectivity index is 1.90. The number of nitrogens with one attached hydrogen (secondary N) is 1. The van der Waals surface area contributed by atoms with Crippen LogP contribution in [0.4, 0.5) is 5.69 Å². The van der Waals surface area contributed by atoms with E-state index in [1.54, 1.807) is 18.7 Å². The van der Waals surface area contributed by atoms with Crippen LogP contribution in [-0.2, 0) is 21.0 Å². The standard InChI is InChI=1S/C21H23N3O3/c1-14-5-9-17(10-6-14)19-23-27-21(3,4)20(26)24(19)13-16-7-11-18(12-8-16)22-15(2)25/h5-12H,13H2,1-4H3,(H,22,25). The molecule has 6 heteroatoms. The van der Waals surface area contributed by atoms with Crippen molar-refractivity contribution < 1.29 is 14.4 Å². The summed E-state index contributed by atoms with van der Waals surface area (Å²) in [6, 6.07) is 15.2. The molecule has 0 bridgehead atoms. The lowest BCUT2D eigenvalue weighted by molar-refractivity contribution is -0.154. The third-order valence-corrected chi connectivity index (χ3v) is 4.30. The molecule has 1 aliphatic rings.